The summed E-state index contributed by atoms with van der Waals surface area (Å²) in [5.41, 5.74) is 9.58. The van der Waals surface area contributed by atoms with Crippen LogP contribution in [0.5, 0.6) is 0 Å². The molecule has 0 saturated heterocycles. The Kier molecular flexibility index (Phi) is 3.70. The van der Waals surface area contributed by atoms with E-state index in [9.17, 15) is 4.79 Å². The zero-order valence-corrected chi connectivity index (χ0v) is 11.8. The lowest BCUT2D eigenvalue weighted by Gasteiger charge is -2.08. The Hall–Kier alpha value is -2.43. The Morgan fingerprint density at radius 2 is 1.90 bits per heavy atom. The summed E-state index contributed by atoms with van der Waals surface area (Å²) in [5.74, 6) is -0.546. The number of benzene rings is 1. The van der Waals surface area contributed by atoms with Crippen LogP contribution in [0.3, 0.4) is 0 Å². The van der Waals surface area contributed by atoms with Crippen LogP contribution in [0.15, 0.2) is 18.2 Å². The number of aromatic carboxylic acids is 1. The van der Waals surface area contributed by atoms with Crippen molar-refractivity contribution >= 4 is 11.8 Å². The molecule has 104 valence electrons. The summed E-state index contributed by atoms with van der Waals surface area (Å²) in [4.78, 5) is 19.4. The maximum Gasteiger partial charge on any atom is 0.341 e. The lowest BCUT2D eigenvalue weighted by molar-refractivity contribution is 0.0696. The SMILES string of the molecule is Cc1ccc(Cc2nc(C)c(C(=O)O)c(N)n2)cc1C. The van der Waals surface area contributed by atoms with Crippen molar-refractivity contribution in [2.24, 2.45) is 0 Å². The molecule has 0 fully saturated rings. The van der Waals surface area contributed by atoms with E-state index in [2.05, 4.69) is 23.0 Å². The summed E-state index contributed by atoms with van der Waals surface area (Å²) in [6, 6.07) is 6.14. The maximum absolute atomic E-state index is 11.0. The van der Waals surface area contributed by atoms with Crippen molar-refractivity contribution < 1.29 is 9.90 Å². The van der Waals surface area contributed by atoms with Crippen molar-refractivity contribution in [2.75, 3.05) is 5.73 Å². The molecule has 0 amide bonds. The Morgan fingerprint density at radius 3 is 2.45 bits per heavy atom. The van der Waals surface area contributed by atoms with Crippen LogP contribution in [0.4, 0.5) is 5.82 Å². The Labute approximate surface area is 117 Å². The van der Waals surface area contributed by atoms with Crippen LogP contribution >= 0.6 is 0 Å². The van der Waals surface area contributed by atoms with Gasteiger partial charge >= 0.3 is 5.97 Å². The molecule has 0 saturated carbocycles. The van der Waals surface area contributed by atoms with E-state index in [4.69, 9.17) is 10.8 Å². The number of carboxylic acid groups (broad SMARTS) is 1. The van der Waals surface area contributed by atoms with Gasteiger partial charge in [-0.1, -0.05) is 18.2 Å². The summed E-state index contributed by atoms with van der Waals surface area (Å²) in [7, 11) is 0. The Bertz CT molecular complexity index is 658. The van der Waals surface area contributed by atoms with E-state index in [-0.39, 0.29) is 11.4 Å². The highest BCUT2D eigenvalue weighted by Crippen LogP contribution is 2.16. The molecule has 5 heteroatoms. The summed E-state index contributed by atoms with van der Waals surface area (Å²) in [5, 5.41) is 9.03. The first-order valence-electron chi connectivity index (χ1n) is 6.31. The first-order chi connectivity index (χ1) is 9.38. The van der Waals surface area contributed by atoms with Crippen molar-refractivity contribution in [1.29, 1.82) is 0 Å². The van der Waals surface area contributed by atoms with E-state index in [1.165, 1.54) is 11.1 Å². The maximum atomic E-state index is 11.0. The molecular weight excluding hydrogens is 254 g/mol. The number of carbonyl (C=O) groups is 1. The molecular formula is C15H17N3O2. The monoisotopic (exact) mass is 271 g/mol. The van der Waals surface area contributed by atoms with E-state index < -0.39 is 5.97 Å². The van der Waals surface area contributed by atoms with Crippen LogP contribution in [0.2, 0.25) is 0 Å². The first-order valence-corrected chi connectivity index (χ1v) is 6.31. The van der Waals surface area contributed by atoms with Gasteiger partial charge in [0, 0.05) is 6.42 Å². The minimum absolute atomic E-state index is 0.0174. The molecule has 3 N–H and O–H groups in total. The Morgan fingerprint density at radius 1 is 1.20 bits per heavy atom. The molecule has 0 atom stereocenters. The van der Waals surface area contributed by atoms with Crippen molar-refractivity contribution in [1.82, 2.24) is 9.97 Å². The highest BCUT2D eigenvalue weighted by Gasteiger charge is 2.15. The van der Waals surface area contributed by atoms with E-state index in [0.717, 1.165) is 5.56 Å². The lowest BCUT2D eigenvalue weighted by atomic mass is 10.0. The summed E-state index contributed by atoms with van der Waals surface area (Å²) < 4.78 is 0. The molecule has 1 aromatic heterocycles. The fraction of sp³-hybridized carbons (Fsp3) is 0.267. The number of nitrogen functional groups attached to an aromatic ring is 1. The van der Waals surface area contributed by atoms with E-state index in [0.29, 0.717) is 17.9 Å². The number of nitrogens with zero attached hydrogens (tertiary/aromatic N) is 2. The van der Waals surface area contributed by atoms with Crippen LogP contribution in [0.1, 0.15) is 38.6 Å². The second kappa shape index (κ2) is 5.28. The molecule has 2 aromatic rings. The van der Waals surface area contributed by atoms with Gasteiger partial charge in [-0.05, 0) is 37.5 Å². The van der Waals surface area contributed by atoms with E-state index in [1.807, 2.05) is 19.1 Å². The standard InChI is InChI=1S/C15H17N3O2/c1-8-4-5-11(6-9(8)2)7-12-17-10(3)13(15(19)20)14(16)18-12/h4-6H,7H2,1-3H3,(H,19,20)(H2,16,17,18). The minimum Gasteiger partial charge on any atom is -0.477 e. The highest BCUT2D eigenvalue weighted by atomic mass is 16.4. The van der Waals surface area contributed by atoms with Crippen LogP contribution < -0.4 is 5.73 Å². The van der Waals surface area contributed by atoms with Crippen LogP contribution in [-0.2, 0) is 6.42 Å². The van der Waals surface area contributed by atoms with Gasteiger partial charge in [0.1, 0.15) is 17.2 Å². The molecule has 1 aromatic carbocycles. The fourth-order valence-corrected chi connectivity index (χ4v) is 2.09. The number of hydrogen-bond donors (Lipinski definition) is 2. The van der Waals surface area contributed by atoms with Gasteiger partial charge in [0.15, 0.2) is 0 Å². The van der Waals surface area contributed by atoms with Gasteiger partial charge in [-0.2, -0.15) is 0 Å². The zero-order chi connectivity index (χ0) is 14.9. The van der Waals surface area contributed by atoms with Crippen molar-refractivity contribution in [3.63, 3.8) is 0 Å². The third-order valence-electron chi connectivity index (χ3n) is 3.31. The van der Waals surface area contributed by atoms with Gasteiger partial charge in [0.2, 0.25) is 0 Å². The van der Waals surface area contributed by atoms with Crippen LogP contribution in [-0.4, -0.2) is 21.0 Å². The quantitative estimate of drug-likeness (QED) is 0.893. The average Bonchev–Trinajstić information content (AvgIpc) is 2.32. The molecule has 0 unspecified atom stereocenters. The van der Waals surface area contributed by atoms with Gasteiger partial charge in [-0.25, -0.2) is 14.8 Å². The Balaban J connectivity index is 2.35. The van der Waals surface area contributed by atoms with Crippen molar-refractivity contribution in [2.45, 2.75) is 27.2 Å². The third kappa shape index (κ3) is 2.77. The smallest absolute Gasteiger partial charge is 0.341 e. The molecule has 0 bridgehead atoms. The largest absolute Gasteiger partial charge is 0.477 e. The molecule has 0 radical (unpaired) electrons. The van der Waals surface area contributed by atoms with Gasteiger partial charge in [0.05, 0.1) is 5.69 Å². The summed E-state index contributed by atoms with van der Waals surface area (Å²) in [6.07, 6.45) is 0.534. The van der Waals surface area contributed by atoms with E-state index >= 15 is 0 Å². The number of carboxylic acids is 1. The lowest BCUT2D eigenvalue weighted by Crippen LogP contribution is -2.12. The van der Waals surface area contributed by atoms with Crippen LogP contribution in [0, 0.1) is 20.8 Å². The fourth-order valence-electron chi connectivity index (χ4n) is 2.09. The molecule has 1 heterocycles. The highest BCUT2D eigenvalue weighted by molar-refractivity contribution is 5.93. The molecule has 0 aliphatic rings. The number of aryl methyl sites for hydroxylation is 3. The molecule has 2 rings (SSSR count). The summed E-state index contributed by atoms with van der Waals surface area (Å²) >= 11 is 0. The van der Waals surface area contributed by atoms with Gasteiger partial charge in [0.25, 0.3) is 0 Å². The topological polar surface area (TPSA) is 89.1 Å². The summed E-state index contributed by atoms with van der Waals surface area (Å²) in [6.45, 7) is 5.73. The number of aromatic nitrogens is 2. The molecule has 0 aliphatic carbocycles. The van der Waals surface area contributed by atoms with Gasteiger partial charge in [-0.3, -0.25) is 0 Å². The molecule has 0 spiro atoms. The van der Waals surface area contributed by atoms with Gasteiger partial charge < -0.3 is 10.8 Å². The van der Waals surface area contributed by atoms with Gasteiger partial charge in [-0.15, -0.1) is 0 Å². The van der Waals surface area contributed by atoms with E-state index in [1.54, 1.807) is 6.92 Å². The third-order valence-corrected chi connectivity index (χ3v) is 3.31. The average molecular weight is 271 g/mol. The molecule has 20 heavy (non-hydrogen) atoms. The second-order valence-corrected chi connectivity index (χ2v) is 4.89. The van der Waals surface area contributed by atoms with Crippen molar-refractivity contribution in [3.05, 3.63) is 52.0 Å². The predicted molar refractivity (Wildman–Crippen MR) is 76.9 cm³/mol. The molecule has 5 nitrogen and oxygen atoms in total. The number of anilines is 1. The zero-order valence-electron chi connectivity index (χ0n) is 11.8. The number of rotatable bonds is 3. The second-order valence-electron chi connectivity index (χ2n) is 4.89. The minimum atomic E-state index is -1.10. The normalized spacial score (nSPS) is 10.6. The predicted octanol–water partition coefficient (Wildman–Crippen LogP) is 2.27. The first kappa shape index (κ1) is 14.0. The molecule has 0 aliphatic heterocycles. The number of hydrogen-bond acceptors (Lipinski definition) is 4. The van der Waals surface area contributed by atoms with Crippen molar-refractivity contribution in [3.8, 4) is 0 Å². The van der Waals surface area contributed by atoms with Crippen LogP contribution in [0.25, 0.3) is 0 Å². The number of nitrogens with two attached hydrogens (primary N) is 1.